The second-order valence-corrected chi connectivity index (χ2v) is 6.09. The van der Waals surface area contributed by atoms with Crippen molar-refractivity contribution >= 4 is 17.7 Å². The number of rotatable bonds is 3. The fraction of sp³-hybridized carbons (Fsp3) is 0.467. The Kier molecular flexibility index (Phi) is 3.17. The Balaban J connectivity index is 1.42. The predicted molar refractivity (Wildman–Crippen MR) is 85.6 cm³/mol. The maximum atomic E-state index is 12.0. The molecule has 2 aromatic heterocycles. The van der Waals surface area contributed by atoms with Crippen LogP contribution in [-0.4, -0.2) is 63.9 Å². The largest absolute Gasteiger partial charge is 0.336 e. The van der Waals surface area contributed by atoms with Crippen LogP contribution in [0.4, 0.5) is 16.4 Å². The normalized spacial score (nSPS) is 18.7. The number of nitrogens with zero attached hydrogens (tertiary/aromatic N) is 7. The number of anilines is 2. The number of carbonyl (C=O) groups is 1. The Labute approximate surface area is 134 Å². The van der Waals surface area contributed by atoms with Crippen LogP contribution in [0.15, 0.2) is 24.7 Å². The number of hydrogen-bond acceptors (Lipinski definition) is 5. The van der Waals surface area contributed by atoms with Gasteiger partial charge in [0.1, 0.15) is 0 Å². The molecule has 0 saturated carbocycles. The molecule has 23 heavy (non-hydrogen) atoms. The third-order valence-electron chi connectivity index (χ3n) is 4.42. The summed E-state index contributed by atoms with van der Waals surface area (Å²) in [6, 6.07) is 2.22. The highest BCUT2D eigenvalue weighted by molar-refractivity contribution is 5.93. The molecule has 2 amide bonds. The Bertz CT molecular complexity index is 737. The molecule has 2 fully saturated rings. The smallest absolute Gasteiger partial charge is 0.324 e. The Morgan fingerprint density at radius 1 is 1.26 bits per heavy atom. The van der Waals surface area contributed by atoms with Crippen LogP contribution in [0.25, 0.3) is 0 Å². The first-order valence-electron chi connectivity index (χ1n) is 7.73. The van der Waals surface area contributed by atoms with Gasteiger partial charge >= 0.3 is 6.03 Å². The lowest BCUT2D eigenvalue weighted by molar-refractivity contribution is 0.229. The molecular formula is C15H19N7O. The summed E-state index contributed by atoms with van der Waals surface area (Å²) in [5.74, 6) is 0.768. The average molecular weight is 313 g/mol. The van der Waals surface area contributed by atoms with Gasteiger partial charge in [-0.15, -0.1) is 0 Å². The van der Waals surface area contributed by atoms with Crippen LogP contribution >= 0.6 is 0 Å². The van der Waals surface area contributed by atoms with E-state index in [2.05, 4.69) is 20.0 Å². The highest BCUT2D eigenvalue weighted by Gasteiger charge is 2.32. The highest BCUT2D eigenvalue weighted by Crippen LogP contribution is 2.27. The van der Waals surface area contributed by atoms with Gasteiger partial charge in [-0.05, 0) is 13.0 Å². The molecule has 0 aromatic carbocycles. The van der Waals surface area contributed by atoms with Crippen molar-refractivity contribution in [1.82, 2.24) is 24.6 Å². The van der Waals surface area contributed by atoms with Gasteiger partial charge in [0.2, 0.25) is 5.95 Å². The van der Waals surface area contributed by atoms with Crippen LogP contribution in [0.1, 0.15) is 11.7 Å². The van der Waals surface area contributed by atoms with Gasteiger partial charge in [-0.1, -0.05) is 0 Å². The van der Waals surface area contributed by atoms with E-state index in [1.165, 1.54) is 0 Å². The zero-order chi connectivity index (χ0) is 16.0. The van der Waals surface area contributed by atoms with Crippen molar-refractivity contribution in [1.29, 1.82) is 0 Å². The molecule has 0 radical (unpaired) electrons. The van der Waals surface area contributed by atoms with Crippen molar-refractivity contribution in [2.45, 2.75) is 13.0 Å². The molecule has 4 rings (SSSR count). The van der Waals surface area contributed by atoms with Crippen LogP contribution < -0.4 is 9.80 Å². The molecule has 2 saturated heterocycles. The molecule has 4 heterocycles. The molecule has 120 valence electrons. The molecule has 8 nitrogen and oxygen atoms in total. The van der Waals surface area contributed by atoms with Gasteiger partial charge in [0.05, 0.1) is 17.9 Å². The van der Waals surface area contributed by atoms with Crippen molar-refractivity contribution < 1.29 is 4.79 Å². The quantitative estimate of drug-likeness (QED) is 0.842. The molecule has 0 bridgehead atoms. The second kappa shape index (κ2) is 5.22. The van der Waals surface area contributed by atoms with Crippen LogP contribution in [0.3, 0.4) is 0 Å². The molecule has 8 heteroatoms. The topological polar surface area (TPSA) is 70.4 Å². The van der Waals surface area contributed by atoms with Crippen LogP contribution in [0.5, 0.6) is 0 Å². The predicted octanol–water partition coefficient (Wildman–Crippen LogP) is 0.915. The maximum absolute atomic E-state index is 12.0. The third-order valence-corrected chi connectivity index (χ3v) is 4.42. The van der Waals surface area contributed by atoms with Crippen molar-refractivity contribution in [2.75, 3.05) is 43.0 Å². The van der Waals surface area contributed by atoms with Gasteiger partial charge in [-0.3, -0.25) is 9.58 Å². The van der Waals surface area contributed by atoms with E-state index in [1.807, 2.05) is 30.9 Å². The first-order valence-corrected chi connectivity index (χ1v) is 7.73. The summed E-state index contributed by atoms with van der Waals surface area (Å²) in [7, 11) is 1.82. The number of aryl methyl sites for hydroxylation is 1. The molecule has 0 aliphatic carbocycles. The summed E-state index contributed by atoms with van der Waals surface area (Å²) in [6.07, 6.45) is 5.51. The summed E-state index contributed by atoms with van der Waals surface area (Å²) in [5, 5.41) is 4.42. The summed E-state index contributed by atoms with van der Waals surface area (Å²) in [4.78, 5) is 26.4. The Morgan fingerprint density at radius 2 is 2.09 bits per heavy atom. The van der Waals surface area contributed by atoms with Crippen molar-refractivity contribution in [3.05, 3.63) is 30.4 Å². The monoisotopic (exact) mass is 313 g/mol. The van der Waals surface area contributed by atoms with Crippen LogP contribution in [0.2, 0.25) is 0 Å². The molecule has 0 N–H and O–H groups in total. The SMILES string of the molecule is Cc1ccnc(N2CC(n3cc(N4CCN(C)C4=O)cn3)C2)n1. The zero-order valence-electron chi connectivity index (χ0n) is 13.3. The molecule has 2 aromatic rings. The van der Waals surface area contributed by atoms with Crippen molar-refractivity contribution in [3.63, 3.8) is 0 Å². The van der Waals surface area contributed by atoms with E-state index in [-0.39, 0.29) is 6.03 Å². The van der Waals surface area contributed by atoms with E-state index in [0.29, 0.717) is 6.04 Å². The van der Waals surface area contributed by atoms with Gasteiger partial charge in [0.25, 0.3) is 0 Å². The minimum atomic E-state index is 0.0351. The lowest BCUT2D eigenvalue weighted by Gasteiger charge is -2.39. The first kappa shape index (κ1) is 14.0. The van der Waals surface area contributed by atoms with E-state index in [1.54, 1.807) is 22.2 Å². The standard InChI is InChI=1S/C15H19N7O/c1-11-3-4-16-14(18-11)20-8-13(9-20)22-10-12(7-17-22)21-6-5-19(2)15(21)23/h3-4,7,10,13H,5-6,8-9H2,1-2H3. The molecule has 0 spiro atoms. The van der Waals surface area contributed by atoms with E-state index >= 15 is 0 Å². The Hall–Kier alpha value is -2.64. The van der Waals surface area contributed by atoms with Crippen LogP contribution in [-0.2, 0) is 0 Å². The van der Waals surface area contributed by atoms with E-state index in [0.717, 1.165) is 43.5 Å². The van der Waals surface area contributed by atoms with Crippen LogP contribution in [0, 0.1) is 6.92 Å². The Morgan fingerprint density at radius 3 is 2.78 bits per heavy atom. The number of carbonyl (C=O) groups excluding carboxylic acids is 1. The van der Waals surface area contributed by atoms with E-state index < -0.39 is 0 Å². The number of amides is 2. The average Bonchev–Trinajstić information content (AvgIpc) is 3.06. The number of hydrogen-bond donors (Lipinski definition) is 0. The summed E-state index contributed by atoms with van der Waals surface area (Å²) < 4.78 is 1.94. The highest BCUT2D eigenvalue weighted by atomic mass is 16.2. The van der Waals surface area contributed by atoms with Gasteiger partial charge in [0.15, 0.2) is 0 Å². The molecule has 0 atom stereocenters. The first-order chi connectivity index (χ1) is 11.1. The number of urea groups is 1. The number of likely N-dealkylation sites (N-methyl/N-ethyl adjacent to an activating group) is 1. The fourth-order valence-corrected chi connectivity index (χ4v) is 2.93. The van der Waals surface area contributed by atoms with Gasteiger partial charge < -0.3 is 9.80 Å². The van der Waals surface area contributed by atoms with Gasteiger partial charge in [-0.25, -0.2) is 14.8 Å². The summed E-state index contributed by atoms with van der Waals surface area (Å²) in [6.45, 7) is 5.10. The molecule has 2 aliphatic heterocycles. The maximum Gasteiger partial charge on any atom is 0.324 e. The minimum Gasteiger partial charge on any atom is -0.336 e. The lowest BCUT2D eigenvalue weighted by atomic mass is 10.1. The molecule has 2 aliphatic rings. The van der Waals surface area contributed by atoms with Crippen molar-refractivity contribution in [3.8, 4) is 0 Å². The molecule has 0 unspecified atom stereocenters. The van der Waals surface area contributed by atoms with Gasteiger partial charge in [0, 0.05) is 51.3 Å². The molecular weight excluding hydrogens is 294 g/mol. The second-order valence-electron chi connectivity index (χ2n) is 6.09. The van der Waals surface area contributed by atoms with Gasteiger partial charge in [-0.2, -0.15) is 5.10 Å². The summed E-state index contributed by atoms with van der Waals surface area (Å²) >= 11 is 0. The minimum absolute atomic E-state index is 0.0351. The van der Waals surface area contributed by atoms with Crippen molar-refractivity contribution in [2.24, 2.45) is 0 Å². The van der Waals surface area contributed by atoms with E-state index in [4.69, 9.17) is 0 Å². The lowest BCUT2D eigenvalue weighted by Crippen LogP contribution is -2.48. The third kappa shape index (κ3) is 2.39. The zero-order valence-corrected chi connectivity index (χ0v) is 13.3. The number of aromatic nitrogens is 4. The van der Waals surface area contributed by atoms with E-state index in [9.17, 15) is 4.79 Å². The summed E-state index contributed by atoms with van der Waals surface area (Å²) in [5.41, 5.74) is 1.83. The fourth-order valence-electron chi connectivity index (χ4n) is 2.93.